The van der Waals surface area contributed by atoms with E-state index in [0.29, 0.717) is 24.3 Å². The topological polar surface area (TPSA) is 98.9 Å². The molecule has 0 spiro atoms. The fourth-order valence-corrected chi connectivity index (χ4v) is 4.11. The average Bonchev–Trinajstić information content (AvgIpc) is 2.96. The minimum atomic E-state index is -3.79. The van der Waals surface area contributed by atoms with Gasteiger partial charge in [0.05, 0.1) is 19.1 Å². The standard InChI is InChI=1S/C13H18N2O5S/c1-19-11-6-5-9(8-12(11)20-2)21(17,18)15-7-3-4-10(15)13(14)16/h5-6,8,10H,3-4,7H2,1-2H3,(H2,14,16)/t10-/m0/s1. The summed E-state index contributed by atoms with van der Waals surface area (Å²) < 4.78 is 36.6. The molecule has 1 atom stereocenters. The minimum absolute atomic E-state index is 0.0494. The van der Waals surface area contributed by atoms with Crippen LogP contribution < -0.4 is 15.2 Å². The number of rotatable bonds is 5. The normalized spacial score (nSPS) is 19.4. The fourth-order valence-electron chi connectivity index (χ4n) is 2.42. The maximum absolute atomic E-state index is 12.6. The first-order valence-corrected chi connectivity index (χ1v) is 7.89. The number of benzene rings is 1. The van der Waals surface area contributed by atoms with E-state index in [4.69, 9.17) is 15.2 Å². The maximum atomic E-state index is 12.6. The number of sulfonamides is 1. The number of ether oxygens (including phenoxy) is 2. The highest BCUT2D eigenvalue weighted by Crippen LogP contribution is 2.32. The number of amides is 1. The number of hydrogen-bond donors (Lipinski definition) is 1. The van der Waals surface area contributed by atoms with E-state index in [-0.39, 0.29) is 11.4 Å². The minimum Gasteiger partial charge on any atom is -0.493 e. The molecule has 1 aliphatic rings. The quantitative estimate of drug-likeness (QED) is 0.845. The van der Waals surface area contributed by atoms with Crippen LogP contribution in [-0.4, -0.2) is 45.4 Å². The number of hydrogen-bond acceptors (Lipinski definition) is 5. The van der Waals surface area contributed by atoms with Gasteiger partial charge in [-0.15, -0.1) is 0 Å². The third-order valence-electron chi connectivity index (χ3n) is 3.49. The molecular weight excluding hydrogens is 296 g/mol. The molecule has 2 N–H and O–H groups in total. The van der Waals surface area contributed by atoms with Gasteiger partial charge in [0, 0.05) is 12.6 Å². The van der Waals surface area contributed by atoms with Crippen molar-refractivity contribution < 1.29 is 22.7 Å². The van der Waals surface area contributed by atoms with Gasteiger partial charge in [0.2, 0.25) is 15.9 Å². The second-order valence-electron chi connectivity index (χ2n) is 4.69. The van der Waals surface area contributed by atoms with Gasteiger partial charge in [-0.25, -0.2) is 8.42 Å². The van der Waals surface area contributed by atoms with Crippen LogP contribution in [-0.2, 0) is 14.8 Å². The fraction of sp³-hybridized carbons (Fsp3) is 0.462. The molecule has 21 heavy (non-hydrogen) atoms. The third kappa shape index (κ3) is 2.81. The van der Waals surface area contributed by atoms with E-state index in [9.17, 15) is 13.2 Å². The van der Waals surface area contributed by atoms with Crippen molar-refractivity contribution in [1.29, 1.82) is 0 Å². The molecule has 1 aromatic rings. The molecule has 8 heteroatoms. The Morgan fingerprint density at radius 3 is 2.52 bits per heavy atom. The van der Waals surface area contributed by atoms with Crippen LogP contribution in [0.1, 0.15) is 12.8 Å². The lowest BCUT2D eigenvalue weighted by molar-refractivity contribution is -0.121. The number of carbonyl (C=O) groups is 1. The Labute approximate surface area is 123 Å². The van der Waals surface area contributed by atoms with E-state index < -0.39 is 22.0 Å². The number of methoxy groups -OCH3 is 2. The number of nitrogens with zero attached hydrogens (tertiary/aromatic N) is 1. The zero-order chi connectivity index (χ0) is 15.6. The molecule has 0 unspecified atom stereocenters. The summed E-state index contributed by atoms with van der Waals surface area (Å²) in [7, 11) is -0.899. The Hall–Kier alpha value is -1.80. The van der Waals surface area contributed by atoms with Crippen LogP contribution in [0.2, 0.25) is 0 Å². The zero-order valence-electron chi connectivity index (χ0n) is 11.9. The molecule has 0 bridgehead atoms. The van der Waals surface area contributed by atoms with E-state index >= 15 is 0 Å². The van der Waals surface area contributed by atoms with Gasteiger partial charge in [0.1, 0.15) is 6.04 Å². The van der Waals surface area contributed by atoms with Crippen LogP contribution >= 0.6 is 0 Å². The van der Waals surface area contributed by atoms with Crippen LogP contribution in [0.15, 0.2) is 23.1 Å². The Balaban J connectivity index is 2.42. The van der Waals surface area contributed by atoms with Crippen molar-refractivity contribution in [3.05, 3.63) is 18.2 Å². The van der Waals surface area contributed by atoms with Crippen molar-refractivity contribution >= 4 is 15.9 Å². The average molecular weight is 314 g/mol. The number of primary amides is 1. The highest BCUT2D eigenvalue weighted by Gasteiger charge is 2.38. The van der Waals surface area contributed by atoms with Crippen LogP contribution in [0.5, 0.6) is 11.5 Å². The van der Waals surface area contributed by atoms with E-state index in [1.165, 1.54) is 32.4 Å². The van der Waals surface area contributed by atoms with Crippen LogP contribution in [0.25, 0.3) is 0 Å². The molecule has 0 saturated carbocycles. The van der Waals surface area contributed by atoms with Gasteiger partial charge < -0.3 is 15.2 Å². The predicted molar refractivity (Wildman–Crippen MR) is 75.7 cm³/mol. The lowest BCUT2D eigenvalue weighted by Crippen LogP contribution is -2.43. The summed E-state index contributed by atoms with van der Waals surface area (Å²) in [6.45, 7) is 0.282. The number of nitrogens with two attached hydrogens (primary N) is 1. The van der Waals surface area contributed by atoms with Gasteiger partial charge in [0.15, 0.2) is 11.5 Å². The summed E-state index contributed by atoms with van der Waals surface area (Å²) >= 11 is 0. The summed E-state index contributed by atoms with van der Waals surface area (Å²) in [4.78, 5) is 11.4. The first-order valence-electron chi connectivity index (χ1n) is 6.45. The van der Waals surface area contributed by atoms with Crippen LogP contribution in [0.4, 0.5) is 0 Å². The van der Waals surface area contributed by atoms with Crippen molar-refractivity contribution in [2.75, 3.05) is 20.8 Å². The molecule has 1 amide bonds. The van der Waals surface area contributed by atoms with Gasteiger partial charge in [-0.05, 0) is 25.0 Å². The Morgan fingerprint density at radius 1 is 1.29 bits per heavy atom. The largest absolute Gasteiger partial charge is 0.493 e. The molecule has 7 nitrogen and oxygen atoms in total. The number of carbonyl (C=O) groups excluding carboxylic acids is 1. The van der Waals surface area contributed by atoms with Crippen molar-refractivity contribution in [1.82, 2.24) is 4.31 Å². The van der Waals surface area contributed by atoms with E-state index in [0.717, 1.165) is 4.31 Å². The first kappa shape index (κ1) is 15.6. The molecular formula is C13H18N2O5S. The Bertz CT molecular complexity index is 644. The molecule has 1 saturated heterocycles. The van der Waals surface area contributed by atoms with E-state index in [1.807, 2.05) is 0 Å². The van der Waals surface area contributed by atoms with Gasteiger partial charge in [0.25, 0.3) is 0 Å². The SMILES string of the molecule is COc1ccc(S(=O)(=O)N2CCC[C@H]2C(N)=O)cc1OC. The highest BCUT2D eigenvalue weighted by molar-refractivity contribution is 7.89. The van der Waals surface area contributed by atoms with Crippen molar-refractivity contribution in [3.63, 3.8) is 0 Å². The van der Waals surface area contributed by atoms with Crippen molar-refractivity contribution in [2.45, 2.75) is 23.8 Å². The van der Waals surface area contributed by atoms with Gasteiger partial charge in [-0.3, -0.25) is 4.79 Å². The van der Waals surface area contributed by atoms with Crippen molar-refractivity contribution in [2.24, 2.45) is 5.73 Å². The molecule has 1 aliphatic heterocycles. The highest BCUT2D eigenvalue weighted by atomic mass is 32.2. The zero-order valence-corrected chi connectivity index (χ0v) is 12.7. The lowest BCUT2D eigenvalue weighted by Gasteiger charge is -2.22. The molecule has 1 fully saturated rings. The molecule has 1 aromatic carbocycles. The maximum Gasteiger partial charge on any atom is 0.243 e. The summed E-state index contributed by atoms with van der Waals surface area (Å²) in [5.74, 6) is 0.120. The second-order valence-corrected chi connectivity index (χ2v) is 6.58. The molecule has 2 rings (SSSR count). The van der Waals surface area contributed by atoms with E-state index in [1.54, 1.807) is 0 Å². The van der Waals surface area contributed by atoms with E-state index in [2.05, 4.69) is 0 Å². The summed E-state index contributed by atoms with van der Waals surface area (Å²) in [5, 5.41) is 0. The second kappa shape index (κ2) is 5.90. The lowest BCUT2D eigenvalue weighted by atomic mass is 10.2. The predicted octanol–water partition coefficient (Wildman–Crippen LogP) is 0.342. The molecule has 1 heterocycles. The van der Waals surface area contributed by atoms with Crippen LogP contribution in [0, 0.1) is 0 Å². The molecule has 0 aromatic heterocycles. The summed E-state index contributed by atoms with van der Waals surface area (Å²) in [5.41, 5.74) is 5.27. The summed E-state index contributed by atoms with van der Waals surface area (Å²) in [6.07, 6.45) is 1.06. The smallest absolute Gasteiger partial charge is 0.243 e. The van der Waals surface area contributed by atoms with Crippen LogP contribution in [0.3, 0.4) is 0 Å². The third-order valence-corrected chi connectivity index (χ3v) is 5.40. The van der Waals surface area contributed by atoms with Gasteiger partial charge >= 0.3 is 0 Å². The van der Waals surface area contributed by atoms with Crippen molar-refractivity contribution in [3.8, 4) is 11.5 Å². The molecule has 0 aliphatic carbocycles. The van der Waals surface area contributed by atoms with Gasteiger partial charge in [-0.1, -0.05) is 0 Å². The molecule has 116 valence electrons. The monoisotopic (exact) mass is 314 g/mol. The molecule has 0 radical (unpaired) electrons. The Morgan fingerprint density at radius 2 is 1.95 bits per heavy atom. The summed E-state index contributed by atoms with van der Waals surface area (Å²) in [6, 6.07) is 3.53. The first-order chi connectivity index (χ1) is 9.91. The van der Waals surface area contributed by atoms with Gasteiger partial charge in [-0.2, -0.15) is 4.31 Å². The Kier molecular flexibility index (Phi) is 4.38.